The number of halogens is 1. The molecule has 5 rings (SSSR count). The molecule has 1 unspecified atom stereocenters. The third-order valence-corrected chi connectivity index (χ3v) is 6.81. The second kappa shape index (κ2) is 8.64. The SMILES string of the molecule is Cc1nc(-c2ccccc2)sc1C(=O)C1=C(O)C(=O)N(c2ccc(F)cc2)C1c1ccncc1. The summed E-state index contributed by atoms with van der Waals surface area (Å²) in [6, 6.07) is 17.2. The van der Waals surface area contributed by atoms with Gasteiger partial charge in [-0.1, -0.05) is 30.3 Å². The van der Waals surface area contributed by atoms with Crippen LogP contribution in [0.2, 0.25) is 0 Å². The molecule has 0 radical (unpaired) electrons. The summed E-state index contributed by atoms with van der Waals surface area (Å²) in [6.45, 7) is 1.73. The van der Waals surface area contributed by atoms with Gasteiger partial charge >= 0.3 is 0 Å². The van der Waals surface area contributed by atoms with Crippen LogP contribution >= 0.6 is 11.3 Å². The molecule has 1 aliphatic rings. The van der Waals surface area contributed by atoms with Crippen LogP contribution in [-0.2, 0) is 4.79 Å². The number of Topliss-reactive ketones (excluding diaryl/α,β-unsaturated/α-hetero) is 1. The number of ketones is 1. The smallest absolute Gasteiger partial charge is 0.294 e. The van der Waals surface area contributed by atoms with Crippen molar-refractivity contribution < 1.29 is 19.1 Å². The maximum atomic E-state index is 13.8. The second-order valence-electron chi connectivity index (χ2n) is 7.73. The lowest BCUT2D eigenvalue weighted by Crippen LogP contribution is -2.31. The number of aliphatic hydroxyl groups excluding tert-OH is 1. The Hall–Kier alpha value is -4.17. The number of hydrogen-bond acceptors (Lipinski definition) is 6. The van der Waals surface area contributed by atoms with Gasteiger partial charge in [0.15, 0.2) is 5.76 Å². The van der Waals surface area contributed by atoms with Gasteiger partial charge in [0.1, 0.15) is 10.8 Å². The zero-order valence-corrected chi connectivity index (χ0v) is 18.8. The highest BCUT2D eigenvalue weighted by Crippen LogP contribution is 2.43. The zero-order valence-electron chi connectivity index (χ0n) is 18.0. The standard InChI is InChI=1S/C26H18FN3O3S/c1-15-24(34-25(29-15)17-5-3-2-4-6-17)22(31)20-21(16-11-13-28-14-12-16)30(26(33)23(20)32)19-9-7-18(27)8-10-19/h2-14,21,32H,1H3. The predicted octanol–water partition coefficient (Wildman–Crippen LogP) is 5.44. The van der Waals surface area contributed by atoms with E-state index in [4.69, 9.17) is 0 Å². The van der Waals surface area contributed by atoms with E-state index < -0.39 is 29.3 Å². The Balaban J connectivity index is 1.62. The molecule has 1 aliphatic heterocycles. The molecule has 1 amide bonds. The number of rotatable bonds is 5. The first-order chi connectivity index (χ1) is 16.5. The number of amides is 1. The molecule has 8 heteroatoms. The Morgan fingerprint density at radius 3 is 2.38 bits per heavy atom. The van der Waals surface area contributed by atoms with Gasteiger partial charge in [0, 0.05) is 23.6 Å². The molecule has 168 valence electrons. The van der Waals surface area contributed by atoms with E-state index in [1.54, 1.807) is 31.5 Å². The van der Waals surface area contributed by atoms with Crippen molar-refractivity contribution in [3.8, 4) is 10.6 Å². The molecule has 1 N–H and O–H groups in total. The van der Waals surface area contributed by atoms with Crippen LogP contribution in [0, 0.1) is 12.7 Å². The van der Waals surface area contributed by atoms with Gasteiger partial charge in [-0.05, 0) is 48.9 Å². The Kier molecular flexibility index (Phi) is 5.51. The normalized spacial score (nSPS) is 15.8. The first kappa shape index (κ1) is 21.7. The van der Waals surface area contributed by atoms with Crippen LogP contribution < -0.4 is 4.90 Å². The van der Waals surface area contributed by atoms with Gasteiger partial charge in [0.05, 0.1) is 22.2 Å². The molecule has 3 heterocycles. The zero-order chi connectivity index (χ0) is 23.8. The van der Waals surface area contributed by atoms with E-state index in [1.165, 1.54) is 40.5 Å². The molecule has 1 atom stereocenters. The van der Waals surface area contributed by atoms with E-state index in [9.17, 15) is 19.1 Å². The number of aliphatic hydroxyl groups is 1. The van der Waals surface area contributed by atoms with Gasteiger partial charge in [-0.2, -0.15) is 0 Å². The van der Waals surface area contributed by atoms with Crippen molar-refractivity contribution in [2.75, 3.05) is 4.90 Å². The summed E-state index contributed by atoms with van der Waals surface area (Å²) in [4.78, 5) is 37.2. The van der Waals surface area contributed by atoms with Crippen LogP contribution in [0.15, 0.2) is 90.5 Å². The highest BCUT2D eigenvalue weighted by Gasteiger charge is 2.45. The molecule has 0 bridgehead atoms. The molecule has 0 saturated carbocycles. The minimum absolute atomic E-state index is 0.0492. The Labute approximate surface area is 198 Å². The van der Waals surface area contributed by atoms with Crippen molar-refractivity contribution in [1.29, 1.82) is 0 Å². The van der Waals surface area contributed by atoms with Crippen LogP contribution in [-0.4, -0.2) is 26.8 Å². The number of thiazole rings is 1. The molecule has 6 nitrogen and oxygen atoms in total. The predicted molar refractivity (Wildman–Crippen MR) is 127 cm³/mol. The fourth-order valence-corrected chi connectivity index (χ4v) is 5.03. The highest BCUT2D eigenvalue weighted by atomic mass is 32.1. The molecule has 0 saturated heterocycles. The van der Waals surface area contributed by atoms with E-state index in [-0.39, 0.29) is 5.57 Å². The molecular formula is C26H18FN3O3S. The number of nitrogens with zero attached hydrogens (tertiary/aromatic N) is 3. The van der Waals surface area contributed by atoms with Gasteiger partial charge in [0.25, 0.3) is 5.91 Å². The van der Waals surface area contributed by atoms with Gasteiger partial charge in [0.2, 0.25) is 5.78 Å². The first-order valence-electron chi connectivity index (χ1n) is 10.5. The lowest BCUT2D eigenvalue weighted by molar-refractivity contribution is -0.117. The third-order valence-electron chi connectivity index (χ3n) is 5.60. The van der Waals surface area contributed by atoms with Crippen molar-refractivity contribution in [3.05, 3.63) is 112 Å². The van der Waals surface area contributed by atoms with Crippen LogP contribution in [0.5, 0.6) is 0 Å². The fourth-order valence-electron chi connectivity index (χ4n) is 4.00. The fraction of sp³-hybridized carbons (Fsp3) is 0.0769. The summed E-state index contributed by atoms with van der Waals surface area (Å²) >= 11 is 1.21. The maximum absolute atomic E-state index is 13.8. The summed E-state index contributed by atoms with van der Waals surface area (Å²) < 4.78 is 13.5. The number of benzene rings is 2. The van der Waals surface area contributed by atoms with Crippen LogP contribution in [0.3, 0.4) is 0 Å². The minimum atomic E-state index is -0.907. The molecule has 2 aromatic heterocycles. The molecular weight excluding hydrogens is 453 g/mol. The summed E-state index contributed by atoms with van der Waals surface area (Å²) in [6.07, 6.45) is 3.09. The summed E-state index contributed by atoms with van der Waals surface area (Å²) in [5, 5.41) is 11.6. The lowest BCUT2D eigenvalue weighted by atomic mass is 9.95. The molecule has 34 heavy (non-hydrogen) atoms. The monoisotopic (exact) mass is 471 g/mol. The van der Waals surface area contributed by atoms with Crippen molar-refractivity contribution >= 4 is 28.7 Å². The molecule has 4 aromatic rings. The molecule has 0 spiro atoms. The van der Waals surface area contributed by atoms with E-state index in [1.807, 2.05) is 30.3 Å². The quantitative estimate of drug-likeness (QED) is 0.392. The van der Waals surface area contributed by atoms with Gasteiger partial charge in [-0.15, -0.1) is 11.3 Å². The van der Waals surface area contributed by atoms with Crippen LogP contribution in [0.1, 0.15) is 27.0 Å². The average Bonchev–Trinajstić information content (AvgIpc) is 3.38. The van der Waals surface area contributed by atoms with Gasteiger partial charge < -0.3 is 5.11 Å². The van der Waals surface area contributed by atoms with E-state index in [2.05, 4.69) is 9.97 Å². The number of pyridine rings is 1. The topological polar surface area (TPSA) is 83.4 Å². The lowest BCUT2D eigenvalue weighted by Gasteiger charge is -2.26. The second-order valence-corrected chi connectivity index (χ2v) is 8.72. The van der Waals surface area contributed by atoms with E-state index >= 15 is 0 Å². The summed E-state index contributed by atoms with van der Waals surface area (Å²) in [5.74, 6) is -2.31. The number of aryl methyl sites for hydroxylation is 1. The van der Waals surface area contributed by atoms with Crippen molar-refractivity contribution in [2.45, 2.75) is 13.0 Å². The highest BCUT2D eigenvalue weighted by molar-refractivity contribution is 7.17. The number of aromatic nitrogens is 2. The van der Waals surface area contributed by atoms with Crippen molar-refractivity contribution in [1.82, 2.24) is 9.97 Å². The summed E-state index contributed by atoms with van der Waals surface area (Å²) in [5.41, 5.74) is 2.27. The number of carbonyl (C=O) groups is 2. The minimum Gasteiger partial charge on any atom is -0.503 e. The van der Waals surface area contributed by atoms with E-state index in [0.29, 0.717) is 26.8 Å². The van der Waals surface area contributed by atoms with Gasteiger partial charge in [-0.3, -0.25) is 19.5 Å². The number of anilines is 1. The first-order valence-corrected chi connectivity index (χ1v) is 11.3. The average molecular weight is 472 g/mol. The van der Waals surface area contributed by atoms with Crippen molar-refractivity contribution in [2.24, 2.45) is 0 Å². The summed E-state index contributed by atoms with van der Waals surface area (Å²) in [7, 11) is 0. The molecule has 0 aliphatic carbocycles. The molecule has 0 fully saturated rings. The van der Waals surface area contributed by atoms with Gasteiger partial charge in [-0.25, -0.2) is 9.37 Å². The Bertz CT molecular complexity index is 1420. The molecule has 2 aromatic carbocycles. The van der Waals surface area contributed by atoms with Crippen LogP contribution in [0.4, 0.5) is 10.1 Å². The third kappa shape index (κ3) is 3.68. The van der Waals surface area contributed by atoms with Crippen LogP contribution in [0.25, 0.3) is 10.6 Å². The van der Waals surface area contributed by atoms with E-state index in [0.717, 1.165) is 5.56 Å². The Morgan fingerprint density at radius 2 is 1.71 bits per heavy atom. The Morgan fingerprint density at radius 1 is 1.03 bits per heavy atom. The maximum Gasteiger partial charge on any atom is 0.294 e. The largest absolute Gasteiger partial charge is 0.503 e. The number of hydrogen-bond donors (Lipinski definition) is 1. The number of carbonyl (C=O) groups excluding carboxylic acids is 2. The van der Waals surface area contributed by atoms with Crippen molar-refractivity contribution in [3.63, 3.8) is 0 Å².